The molecule has 2 rings (SSSR count). The number of carbonyl (C=O) groups is 2. The molecule has 3 amide bonds. The lowest BCUT2D eigenvalue weighted by molar-refractivity contribution is -0.116. The van der Waals surface area contributed by atoms with Crippen LogP contribution in [0, 0.1) is 5.92 Å². The van der Waals surface area contributed by atoms with Crippen LogP contribution in [-0.2, 0) is 4.79 Å². The number of hydrogen-bond donors (Lipinski definition) is 3. The third-order valence-electron chi connectivity index (χ3n) is 3.38. The fourth-order valence-electron chi connectivity index (χ4n) is 2.25. The van der Waals surface area contributed by atoms with Gasteiger partial charge in [-0.3, -0.25) is 4.79 Å². The molecule has 0 aliphatic carbocycles. The summed E-state index contributed by atoms with van der Waals surface area (Å²) in [5.41, 5.74) is 1.90. The summed E-state index contributed by atoms with van der Waals surface area (Å²) in [6.07, 6.45) is 0.474. The maximum absolute atomic E-state index is 12.1. The molecule has 6 heteroatoms. The highest BCUT2D eigenvalue weighted by molar-refractivity contribution is 6.01. The number of rotatable bonds is 6. The summed E-state index contributed by atoms with van der Waals surface area (Å²) >= 11 is 0. The van der Waals surface area contributed by atoms with Crippen LogP contribution < -0.4 is 20.7 Å². The van der Waals surface area contributed by atoms with E-state index in [-0.39, 0.29) is 11.9 Å². The predicted octanol–water partition coefficient (Wildman–Crippen LogP) is 4.32. The van der Waals surface area contributed by atoms with Crippen LogP contribution in [0.25, 0.3) is 0 Å². The molecule has 0 unspecified atom stereocenters. The second-order valence-electron chi connectivity index (χ2n) is 6.00. The van der Waals surface area contributed by atoms with Gasteiger partial charge in [-0.25, -0.2) is 4.79 Å². The van der Waals surface area contributed by atoms with Crippen molar-refractivity contribution in [1.29, 1.82) is 0 Å². The van der Waals surface area contributed by atoms with Crippen LogP contribution in [0.3, 0.4) is 0 Å². The molecular weight excluding hydrogens is 318 g/mol. The topological polar surface area (TPSA) is 79.5 Å². The number of anilines is 3. The summed E-state index contributed by atoms with van der Waals surface area (Å²) in [5.74, 6) is 0.866. The van der Waals surface area contributed by atoms with E-state index in [1.807, 2.05) is 26.0 Å². The number of amides is 3. The monoisotopic (exact) mass is 341 g/mol. The van der Waals surface area contributed by atoms with Crippen molar-refractivity contribution < 1.29 is 14.3 Å². The molecule has 132 valence electrons. The third-order valence-corrected chi connectivity index (χ3v) is 3.38. The van der Waals surface area contributed by atoms with Crippen LogP contribution in [-0.4, -0.2) is 19.0 Å². The highest BCUT2D eigenvalue weighted by atomic mass is 16.5. The second-order valence-corrected chi connectivity index (χ2v) is 6.00. The molecule has 2 aromatic carbocycles. The molecule has 2 aromatic rings. The van der Waals surface area contributed by atoms with Crippen molar-refractivity contribution in [2.45, 2.75) is 20.3 Å². The normalized spacial score (nSPS) is 10.2. The summed E-state index contributed by atoms with van der Waals surface area (Å²) in [7, 11) is 1.55. The molecule has 0 radical (unpaired) electrons. The smallest absolute Gasteiger partial charge is 0.323 e. The van der Waals surface area contributed by atoms with Gasteiger partial charge in [-0.15, -0.1) is 0 Å². The fraction of sp³-hybridized carbons (Fsp3) is 0.263. The summed E-state index contributed by atoms with van der Waals surface area (Å²) in [6, 6.07) is 13.7. The first-order chi connectivity index (χ1) is 12.0. The van der Waals surface area contributed by atoms with E-state index in [2.05, 4.69) is 16.0 Å². The minimum atomic E-state index is -0.374. The summed E-state index contributed by atoms with van der Waals surface area (Å²) in [4.78, 5) is 23.8. The Balaban J connectivity index is 1.92. The van der Waals surface area contributed by atoms with Crippen LogP contribution in [0.2, 0.25) is 0 Å². The highest BCUT2D eigenvalue weighted by Crippen LogP contribution is 2.23. The molecule has 3 N–H and O–H groups in total. The van der Waals surface area contributed by atoms with Crippen molar-refractivity contribution in [2.75, 3.05) is 23.1 Å². The lowest BCUT2D eigenvalue weighted by Gasteiger charge is -2.11. The predicted molar refractivity (Wildman–Crippen MR) is 100 cm³/mol. The molecule has 0 atom stereocenters. The van der Waals surface area contributed by atoms with Gasteiger partial charge in [0.05, 0.1) is 12.8 Å². The third kappa shape index (κ3) is 5.84. The minimum absolute atomic E-state index is 0.0235. The van der Waals surface area contributed by atoms with Crippen LogP contribution in [0.4, 0.5) is 21.9 Å². The fourth-order valence-corrected chi connectivity index (χ4v) is 2.25. The Bertz CT molecular complexity index is 727. The number of methoxy groups -OCH3 is 1. The zero-order valence-electron chi connectivity index (χ0n) is 14.6. The summed E-state index contributed by atoms with van der Waals surface area (Å²) < 4.78 is 5.19. The standard InChI is InChI=1S/C19H23N3O3/c1-13(2)12-18(23)20-14-8-10-15(11-9-14)21-19(24)22-16-6-4-5-7-17(16)25-3/h4-11,13H,12H2,1-3H3,(H,20,23)(H2,21,22,24). The molecule has 0 heterocycles. The lowest BCUT2D eigenvalue weighted by atomic mass is 10.1. The van der Waals surface area contributed by atoms with E-state index < -0.39 is 0 Å². The molecule has 0 aromatic heterocycles. The number of hydrogen-bond acceptors (Lipinski definition) is 3. The zero-order valence-corrected chi connectivity index (χ0v) is 14.6. The van der Waals surface area contributed by atoms with Gasteiger partial charge in [0.1, 0.15) is 5.75 Å². The van der Waals surface area contributed by atoms with Gasteiger partial charge in [0.15, 0.2) is 0 Å². The Morgan fingerprint density at radius 3 is 2.12 bits per heavy atom. The molecule has 25 heavy (non-hydrogen) atoms. The van der Waals surface area contributed by atoms with Crippen molar-refractivity contribution in [3.05, 3.63) is 48.5 Å². The first-order valence-corrected chi connectivity index (χ1v) is 8.09. The van der Waals surface area contributed by atoms with Crippen LogP contribution in [0.1, 0.15) is 20.3 Å². The molecule has 0 bridgehead atoms. The van der Waals surface area contributed by atoms with Gasteiger partial charge in [-0.1, -0.05) is 26.0 Å². The second kappa shape index (κ2) is 8.73. The minimum Gasteiger partial charge on any atom is -0.495 e. The van der Waals surface area contributed by atoms with Crippen molar-refractivity contribution in [3.63, 3.8) is 0 Å². The maximum Gasteiger partial charge on any atom is 0.323 e. The van der Waals surface area contributed by atoms with Gasteiger partial charge in [0.2, 0.25) is 5.91 Å². The molecule has 0 saturated carbocycles. The summed E-state index contributed by atoms with van der Waals surface area (Å²) in [6.45, 7) is 3.99. The Morgan fingerprint density at radius 2 is 1.52 bits per heavy atom. The number of ether oxygens (including phenoxy) is 1. The van der Waals surface area contributed by atoms with Crippen LogP contribution >= 0.6 is 0 Å². The van der Waals surface area contributed by atoms with Crippen molar-refractivity contribution in [1.82, 2.24) is 0 Å². The van der Waals surface area contributed by atoms with E-state index in [0.29, 0.717) is 35.2 Å². The Labute approximate surface area is 147 Å². The Morgan fingerprint density at radius 1 is 0.920 bits per heavy atom. The molecule has 0 aliphatic heterocycles. The number of nitrogens with one attached hydrogen (secondary N) is 3. The van der Waals surface area contributed by atoms with E-state index in [1.54, 1.807) is 43.5 Å². The van der Waals surface area contributed by atoms with Gasteiger partial charge >= 0.3 is 6.03 Å². The van der Waals surface area contributed by atoms with E-state index in [9.17, 15) is 9.59 Å². The largest absolute Gasteiger partial charge is 0.495 e. The first-order valence-electron chi connectivity index (χ1n) is 8.09. The SMILES string of the molecule is COc1ccccc1NC(=O)Nc1ccc(NC(=O)CC(C)C)cc1. The van der Waals surface area contributed by atoms with Gasteiger partial charge in [-0.05, 0) is 42.3 Å². The van der Waals surface area contributed by atoms with E-state index in [4.69, 9.17) is 4.74 Å². The number of carbonyl (C=O) groups excluding carboxylic acids is 2. The van der Waals surface area contributed by atoms with Crippen molar-refractivity contribution in [3.8, 4) is 5.75 Å². The average molecular weight is 341 g/mol. The molecular formula is C19H23N3O3. The lowest BCUT2D eigenvalue weighted by Crippen LogP contribution is -2.19. The maximum atomic E-state index is 12.1. The molecule has 6 nitrogen and oxygen atoms in total. The molecule has 0 fully saturated rings. The van der Waals surface area contributed by atoms with Gasteiger partial charge < -0.3 is 20.7 Å². The Hall–Kier alpha value is -3.02. The molecule has 0 aliphatic rings. The summed E-state index contributed by atoms with van der Waals surface area (Å²) in [5, 5.41) is 8.29. The average Bonchev–Trinajstić information content (AvgIpc) is 2.56. The van der Waals surface area contributed by atoms with Crippen molar-refractivity contribution >= 4 is 29.0 Å². The number of urea groups is 1. The van der Waals surface area contributed by atoms with Crippen molar-refractivity contribution in [2.24, 2.45) is 5.92 Å². The first kappa shape index (κ1) is 18.3. The van der Waals surface area contributed by atoms with E-state index >= 15 is 0 Å². The van der Waals surface area contributed by atoms with Gasteiger partial charge in [-0.2, -0.15) is 0 Å². The highest BCUT2D eigenvalue weighted by Gasteiger charge is 2.08. The molecule has 0 spiro atoms. The zero-order chi connectivity index (χ0) is 18.2. The Kier molecular flexibility index (Phi) is 6.39. The van der Waals surface area contributed by atoms with Crippen LogP contribution in [0.15, 0.2) is 48.5 Å². The van der Waals surface area contributed by atoms with Crippen LogP contribution in [0.5, 0.6) is 5.75 Å². The van der Waals surface area contributed by atoms with E-state index in [0.717, 1.165) is 0 Å². The van der Waals surface area contributed by atoms with E-state index in [1.165, 1.54) is 0 Å². The quantitative estimate of drug-likeness (QED) is 0.732. The van der Waals surface area contributed by atoms with Gasteiger partial charge in [0, 0.05) is 17.8 Å². The van der Waals surface area contributed by atoms with Gasteiger partial charge in [0.25, 0.3) is 0 Å². The molecule has 0 saturated heterocycles. The number of benzene rings is 2. The number of para-hydroxylation sites is 2.